The highest BCUT2D eigenvalue weighted by Gasteiger charge is 2.34. The molecule has 0 saturated carbocycles. The first kappa shape index (κ1) is 24.1. The van der Waals surface area contributed by atoms with Gasteiger partial charge in [-0.2, -0.15) is 4.98 Å². The maximum absolute atomic E-state index is 12.6. The first-order valence-electron chi connectivity index (χ1n) is 11.6. The molecule has 4 heterocycles. The lowest BCUT2D eigenvalue weighted by Gasteiger charge is -2.36. The standard InChI is InChI=1S/C25H26ClN5O5/c1-25(2,13-32)23(34)31-9-7-16(8-10-31)35-24-27-18-11-17(26)21(28-22(18)29-24)15-5-3-14(4-6-15)19-12-20(33)30-36-19/h3-6,11-12,16,32H,7-10,13H2,1-2H3,(H,30,33)(H,27,28,29). The number of rotatable bonds is 6. The summed E-state index contributed by atoms with van der Waals surface area (Å²) >= 11 is 6.53. The maximum Gasteiger partial charge on any atom is 0.296 e. The second-order valence-corrected chi connectivity index (χ2v) is 9.92. The maximum atomic E-state index is 12.6. The lowest BCUT2D eigenvalue weighted by atomic mass is 9.91. The number of carbonyl (C=O) groups excluding carboxylic acids is 1. The number of nitrogens with zero attached hydrogens (tertiary/aromatic N) is 4. The molecule has 3 N–H and O–H groups in total. The first-order chi connectivity index (χ1) is 17.2. The number of piperidine rings is 1. The molecule has 1 saturated heterocycles. The van der Waals surface area contributed by atoms with Crippen LogP contribution >= 0.6 is 11.6 Å². The van der Waals surface area contributed by atoms with E-state index < -0.39 is 5.41 Å². The van der Waals surface area contributed by atoms with E-state index in [1.807, 2.05) is 24.3 Å². The number of nitrogens with one attached hydrogen (secondary N) is 1. The summed E-state index contributed by atoms with van der Waals surface area (Å²) in [4.78, 5) is 26.6. The average molecular weight is 512 g/mol. The van der Waals surface area contributed by atoms with E-state index in [4.69, 9.17) is 20.9 Å². The van der Waals surface area contributed by atoms with E-state index in [1.54, 1.807) is 24.8 Å². The number of aromatic hydroxyl groups is 1. The Labute approximate surface area is 211 Å². The number of benzene rings is 1. The summed E-state index contributed by atoms with van der Waals surface area (Å²) in [6.45, 7) is 4.43. The smallest absolute Gasteiger partial charge is 0.296 e. The van der Waals surface area contributed by atoms with E-state index >= 15 is 0 Å². The fraction of sp³-hybridized carbons (Fsp3) is 0.360. The van der Waals surface area contributed by atoms with Crippen LogP contribution in [0.2, 0.25) is 5.02 Å². The third kappa shape index (κ3) is 4.74. The number of amides is 1. The number of aliphatic hydroxyl groups excluding tert-OH is 1. The van der Waals surface area contributed by atoms with Gasteiger partial charge < -0.3 is 29.4 Å². The zero-order valence-electron chi connectivity index (χ0n) is 19.9. The molecule has 3 aromatic heterocycles. The van der Waals surface area contributed by atoms with Crippen LogP contribution in [0.5, 0.6) is 11.9 Å². The predicted molar refractivity (Wildman–Crippen MR) is 133 cm³/mol. The molecular formula is C25H26ClN5O5. The largest absolute Gasteiger partial charge is 0.491 e. The molecule has 1 aromatic carbocycles. The Morgan fingerprint density at radius 3 is 2.53 bits per heavy atom. The number of aromatic amines is 1. The second-order valence-electron chi connectivity index (χ2n) is 9.51. The molecule has 0 aliphatic carbocycles. The Morgan fingerprint density at radius 1 is 1.19 bits per heavy atom. The van der Waals surface area contributed by atoms with Crippen LogP contribution in [0.25, 0.3) is 33.7 Å². The second kappa shape index (κ2) is 9.44. The van der Waals surface area contributed by atoms with Crippen molar-refractivity contribution in [1.29, 1.82) is 0 Å². The highest BCUT2D eigenvalue weighted by molar-refractivity contribution is 6.33. The number of imidazole rings is 1. The summed E-state index contributed by atoms with van der Waals surface area (Å²) in [5.41, 5.74) is 2.48. The lowest BCUT2D eigenvalue weighted by molar-refractivity contribution is -0.144. The number of halogens is 1. The molecule has 0 bridgehead atoms. The predicted octanol–water partition coefficient (Wildman–Crippen LogP) is 4.03. The molecule has 188 valence electrons. The minimum absolute atomic E-state index is 0.0504. The topological polar surface area (TPSA) is 138 Å². The van der Waals surface area contributed by atoms with Crippen molar-refractivity contribution < 1.29 is 24.3 Å². The van der Waals surface area contributed by atoms with Crippen LogP contribution in [0.1, 0.15) is 26.7 Å². The van der Waals surface area contributed by atoms with Crippen molar-refractivity contribution in [2.24, 2.45) is 5.41 Å². The number of hydrogen-bond donors (Lipinski definition) is 3. The Morgan fingerprint density at radius 2 is 1.89 bits per heavy atom. The summed E-state index contributed by atoms with van der Waals surface area (Å²) in [5.74, 6) is 0.228. The summed E-state index contributed by atoms with van der Waals surface area (Å²) in [7, 11) is 0. The van der Waals surface area contributed by atoms with Gasteiger partial charge in [-0.25, -0.2) is 4.98 Å². The van der Waals surface area contributed by atoms with Gasteiger partial charge >= 0.3 is 0 Å². The average Bonchev–Trinajstić information content (AvgIpc) is 3.48. The zero-order valence-corrected chi connectivity index (χ0v) is 20.6. The van der Waals surface area contributed by atoms with Crippen LogP contribution in [0, 0.1) is 5.41 Å². The molecule has 1 aliphatic heterocycles. The number of pyridine rings is 1. The molecular weight excluding hydrogens is 486 g/mol. The van der Waals surface area contributed by atoms with Gasteiger partial charge in [-0.3, -0.25) is 4.79 Å². The molecule has 5 rings (SSSR count). The van der Waals surface area contributed by atoms with E-state index in [1.165, 1.54) is 6.07 Å². The normalized spacial score (nSPS) is 14.9. The molecule has 36 heavy (non-hydrogen) atoms. The third-order valence-electron chi connectivity index (χ3n) is 6.33. The molecule has 10 nitrogen and oxygen atoms in total. The number of aromatic nitrogens is 4. The molecule has 0 unspecified atom stereocenters. The van der Waals surface area contributed by atoms with E-state index in [2.05, 4.69) is 20.1 Å². The van der Waals surface area contributed by atoms with Gasteiger partial charge in [-0.1, -0.05) is 35.9 Å². The minimum atomic E-state index is -0.783. The summed E-state index contributed by atoms with van der Waals surface area (Å²) < 4.78 is 11.1. The van der Waals surface area contributed by atoms with Crippen LogP contribution in [0.3, 0.4) is 0 Å². The van der Waals surface area contributed by atoms with Crippen molar-refractivity contribution in [1.82, 2.24) is 25.0 Å². The van der Waals surface area contributed by atoms with Crippen molar-refractivity contribution in [3.8, 4) is 34.5 Å². The molecule has 1 aliphatic rings. The molecule has 0 atom stereocenters. The molecule has 0 radical (unpaired) electrons. The van der Waals surface area contributed by atoms with Crippen LogP contribution in [0.15, 0.2) is 40.9 Å². The van der Waals surface area contributed by atoms with Gasteiger partial charge in [0.2, 0.25) is 5.91 Å². The quantitative estimate of drug-likeness (QED) is 0.353. The number of H-pyrrole nitrogens is 1. The molecule has 1 fully saturated rings. The Kier molecular flexibility index (Phi) is 6.31. The zero-order chi connectivity index (χ0) is 25.4. The van der Waals surface area contributed by atoms with Crippen LogP contribution in [-0.4, -0.2) is 66.9 Å². The Hall–Kier alpha value is -3.63. The number of ether oxygens (including phenoxy) is 1. The van der Waals surface area contributed by atoms with Crippen molar-refractivity contribution >= 4 is 28.7 Å². The first-order valence-corrected chi connectivity index (χ1v) is 12.0. The minimum Gasteiger partial charge on any atom is -0.491 e. The van der Waals surface area contributed by atoms with Gasteiger partial charge in [0, 0.05) is 43.1 Å². The third-order valence-corrected chi connectivity index (χ3v) is 6.62. The summed E-state index contributed by atoms with van der Waals surface area (Å²) in [5, 5.41) is 22.8. The van der Waals surface area contributed by atoms with Crippen LogP contribution in [-0.2, 0) is 4.79 Å². The van der Waals surface area contributed by atoms with Crippen molar-refractivity contribution in [3.05, 3.63) is 41.4 Å². The van der Waals surface area contributed by atoms with Gasteiger partial charge in [0.25, 0.3) is 11.9 Å². The number of fused-ring (bicyclic) bond motifs is 1. The van der Waals surface area contributed by atoms with Gasteiger partial charge in [0.05, 0.1) is 28.3 Å². The van der Waals surface area contributed by atoms with E-state index in [0.29, 0.717) is 59.6 Å². The number of likely N-dealkylation sites (tertiary alicyclic amines) is 1. The molecule has 1 amide bonds. The number of carbonyl (C=O) groups is 1. The highest BCUT2D eigenvalue weighted by atomic mass is 35.5. The van der Waals surface area contributed by atoms with Crippen LogP contribution in [0.4, 0.5) is 0 Å². The van der Waals surface area contributed by atoms with E-state index in [0.717, 1.165) is 11.1 Å². The lowest BCUT2D eigenvalue weighted by Crippen LogP contribution is -2.48. The fourth-order valence-corrected chi connectivity index (χ4v) is 4.44. The Bertz CT molecular complexity index is 1390. The fourth-order valence-electron chi connectivity index (χ4n) is 4.18. The van der Waals surface area contributed by atoms with Crippen molar-refractivity contribution in [2.75, 3.05) is 19.7 Å². The monoisotopic (exact) mass is 511 g/mol. The highest BCUT2D eigenvalue weighted by Crippen LogP contribution is 2.32. The van der Waals surface area contributed by atoms with Gasteiger partial charge in [0.15, 0.2) is 11.4 Å². The van der Waals surface area contributed by atoms with E-state index in [-0.39, 0.29) is 24.5 Å². The summed E-state index contributed by atoms with van der Waals surface area (Å²) in [6.07, 6.45) is 1.24. The number of hydrogen-bond acceptors (Lipinski definition) is 8. The molecule has 11 heteroatoms. The SMILES string of the molecule is CC(C)(CO)C(=O)N1CCC(Oc2nc3nc(-c4ccc(-c5cc(O)no5)cc4)c(Cl)cc3[nH]2)CC1. The van der Waals surface area contributed by atoms with Gasteiger partial charge in [0.1, 0.15) is 6.10 Å². The summed E-state index contributed by atoms with van der Waals surface area (Å²) in [6, 6.07) is 10.9. The molecule has 0 spiro atoms. The van der Waals surface area contributed by atoms with Crippen LogP contribution < -0.4 is 4.74 Å². The van der Waals surface area contributed by atoms with Gasteiger partial charge in [-0.15, -0.1) is 0 Å². The Balaban J connectivity index is 1.28. The van der Waals surface area contributed by atoms with Gasteiger partial charge in [-0.05, 0) is 25.1 Å². The molecule has 4 aromatic rings. The van der Waals surface area contributed by atoms with E-state index in [9.17, 15) is 15.0 Å². The van der Waals surface area contributed by atoms with Crippen molar-refractivity contribution in [2.45, 2.75) is 32.8 Å². The van der Waals surface area contributed by atoms with Crippen molar-refractivity contribution in [3.63, 3.8) is 0 Å². The number of aliphatic hydroxyl groups is 1.